The summed E-state index contributed by atoms with van der Waals surface area (Å²) in [6.07, 6.45) is 2.73. The van der Waals surface area contributed by atoms with Crippen LogP contribution in [0.3, 0.4) is 0 Å². The molecule has 1 aromatic carbocycles. The van der Waals surface area contributed by atoms with Crippen LogP contribution in [-0.2, 0) is 6.54 Å². The van der Waals surface area contributed by atoms with Crippen LogP contribution in [0.2, 0.25) is 0 Å². The van der Waals surface area contributed by atoms with E-state index >= 15 is 0 Å². The maximum absolute atomic E-state index is 3.63. The molecule has 0 radical (unpaired) electrons. The zero-order valence-electron chi connectivity index (χ0n) is 8.59. The Balaban J connectivity index is 2.08. The Bertz CT molecular complexity index is 316. The van der Waals surface area contributed by atoms with E-state index in [9.17, 15) is 0 Å². The molecule has 1 fully saturated rings. The van der Waals surface area contributed by atoms with E-state index < -0.39 is 0 Å². The zero-order valence-corrected chi connectivity index (χ0v) is 10.2. The lowest BCUT2D eigenvalue weighted by atomic mass is 10.1. The first-order chi connectivity index (χ1) is 6.75. The normalized spacial score (nSPS) is 17.6. The fourth-order valence-corrected chi connectivity index (χ4v) is 2.58. The van der Waals surface area contributed by atoms with Gasteiger partial charge in [-0.15, -0.1) is 0 Å². The highest BCUT2D eigenvalue weighted by atomic mass is 79.9. The number of hydrogen-bond donors (Lipinski definition) is 0. The second-order valence-electron chi connectivity index (χ2n) is 4.08. The van der Waals surface area contributed by atoms with Crippen molar-refractivity contribution in [1.82, 2.24) is 4.90 Å². The summed E-state index contributed by atoms with van der Waals surface area (Å²) < 4.78 is 1.25. The molecule has 0 spiro atoms. The van der Waals surface area contributed by atoms with Crippen molar-refractivity contribution in [2.45, 2.75) is 26.3 Å². The van der Waals surface area contributed by atoms with Gasteiger partial charge in [0.1, 0.15) is 0 Å². The Kier molecular flexibility index (Phi) is 3.24. The topological polar surface area (TPSA) is 3.24 Å². The van der Waals surface area contributed by atoms with E-state index in [1.54, 1.807) is 0 Å². The second kappa shape index (κ2) is 4.45. The van der Waals surface area contributed by atoms with E-state index in [-0.39, 0.29) is 0 Å². The molecule has 1 aliphatic heterocycles. The molecule has 1 heterocycles. The minimum Gasteiger partial charge on any atom is -0.299 e. The number of rotatable bonds is 2. The van der Waals surface area contributed by atoms with Crippen LogP contribution in [0, 0.1) is 6.92 Å². The molecule has 0 aliphatic carbocycles. The molecule has 0 bridgehead atoms. The quantitative estimate of drug-likeness (QED) is 0.782. The Morgan fingerprint density at radius 1 is 1.29 bits per heavy atom. The molecule has 14 heavy (non-hydrogen) atoms. The number of hydrogen-bond acceptors (Lipinski definition) is 1. The van der Waals surface area contributed by atoms with Gasteiger partial charge in [0.2, 0.25) is 0 Å². The van der Waals surface area contributed by atoms with Gasteiger partial charge in [0.25, 0.3) is 0 Å². The fourth-order valence-electron chi connectivity index (χ4n) is 1.96. The molecule has 0 aromatic heterocycles. The van der Waals surface area contributed by atoms with Crippen molar-refractivity contribution < 1.29 is 0 Å². The summed E-state index contributed by atoms with van der Waals surface area (Å²) in [4.78, 5) is 2.52. The molecule has 1 saturated heterocycles. The molecule has 0 amide bonds. The van der Waals surface area contributed by atoms with Gasteiger partial charge in [-0.25, -0.2) is 0 Å². The molecule has 0 unspecified atom stereocenters. The predicted octanol–water partition coefficient (Wildman–Crippen LogP) is 3.35. The van der Waals surface area contributed by atoms with Gasteiger partial charge in [0.15, 0.2) is 0 Å². The molecule has 2 heteroatoms. The molecule has 0 N–H and O–H groups in total. The maximum Gasteiger partial charge on any atom is 0.0244 e. The van der Waals surface area contributed by atoms with Gasteiger partial charge in [-0.2, -0.15) is 0 Å². The van der Waals surface area contributed by atoms with Crippen LogP contribution in [0.4, 0.5) is 0 Å². The Labute approximate surface area is 94.2 Å². The van der Waals surface area contributed by atoms with E-state index in [1.165, 1.54) is 41.5 Å². The highest BCUT2D eigenvalue weighted by Crippen LogP contribution is 2.21. The van der Waals surface area contributed by atoms with Gasteiger partial charge in [-0.3, -0.25) is 4.90 Å². The minimum absolute atomic E-state index is 1.10. The van der Waals surface area contributed by atoms with Gasteiger partial charge < -0.3 is 0 Å². The van der Waals surface area contributed by atoms with Crippen molar-refractivity contribution in [3.63, 3.8) is 0 Å². The highest BCUT2D eigenvalue weighted by Gasteiger charge is 2.12. The van der Waals surface area contributed by atoms with Crippen molar-refractivity contribution in [1.29, 1.82) is 0 Å². The third-order valence-corrected chi connectivity index (χ3v) is 3.54. The Morgan fingerprint density at radius 3 is 2.64 bits per heavy atom. The average molecular weight is 254 g/mol. The van der Waals surface area contributed by atoms with Crippen LogP contribution in [-0.4, -0.2) is 18.0 Å². The molecule has 1 aliphatic rings. The van der Waals surface area contributed by atoms with Gasteiger partial charge in [0.05, 0.1) is 0 Å². The van der Waals surface area contributed by atoms with Crippen LogP contribution >= 0.6 is 15.9 Å². The first kappa shape index (κ1) is 10.2. The summed E-state index contributed by atoms with van der Waals surface area (Å²) >= 11 is 3.63. The van der Waals surface area contributed by atoms with Crippen molar-refractivity contribution in [3.8, 4) is 0 Å². The van der Waals surface area contributed by atoms with Gasteiger partial charge >= 0.3 is 0 Å². The molecule has 2 rings (SSSR count). The predicted molar refractivity (Wildman–Crippen MR) is 63.4 cm³/mol. The number of benzene rings is 1. The molecule has 1 nitrogen and oxygen atoms in total. The SMILES string of the molecule is Cc1ccc(CN2CCCC2)c(Br)c1. The van der Waals surface area contributed by atoms with Gasteiger partial charge in [-0.1, -0.05) is 28.1 Å². The first-order valence-electron chi connectivity index (χ1n) is 5.23. The largest absolute Gasteiger partial charge is 0.299 e. The standard InChI is InChI=1S/C12H16BrN/c1-10-4-5-11(12(13)8-10)9-14-6-2-3-7-14/h4-5,8H,2-3,6-7,9H2,1H3. The summed E-state index contributed by atoms with van der Waals surface area (Å²) in [5.41, 5.74) is 2.74. The van der Waals surface area contributed by atoms with Crippen molar-refractivity contribution in [2.75, 3.05) is 13.1 Å². The smallest absolute Gasteiger partial charge is 0.0244 e. The molecule has 76 valence electrons. The average Bonchev–Trinajstić information content (AvgIpc) is 2.62. The minimum atomic E-state index is 1.10. The van der Waals surface area contributed by atoms with Crippen LogP contribution in [0.5, 0.6) is 0 Å². The Hall–Kier alpha value is -0.340. The number of likely N-dealkylation sites (tertiary alicyclic amines) is 1. The van der Waals surface area contributed by atoms with Crippen LogP contribution in [0.15, 0.2) is 22.7 Å². The molecular formula is C12H16BrN. The van der Waals surface area contributed by atoms with E-state index in [0.717, 1.165) is 6.54 Å². The number of nitrogens with zero attached hydrogens (tertiary/aromatic N) is 1. The second-order valence-corrected chi connectivity index (χ2v) is 4.93. The van der Waals surface area contributed by atoms with Gasteiger partial charge in [-0.05, 0) is 50.0 Å². The first-order valence-corrected chi connectivity index (χ1v) is 6.02. The third-order valence-electron chi connectivity index (χ3n) is 2.80. The summed E-state index contributed by atoms with van der Waals surface area (Å²) in [7, 11) is 0. The monoisotopic (exact) mass is 253 g/mol. The van der Waals surface area contributed by atoms with Crippen molar-refractivity contribution in [2.24, 2.45) is 0 Å². The summed E-state index contributed by atoms with van der Waals surface area (Å²) in [6.45, 7) is 5.76. The van der Waals surface area contributed by atoms with E-state index in [2.05, 4.69) is 46.0 Å². The maximum atomic E-state index is 3.63. The zero-order chi connectivity index (χ0) is 9.97. The lowest BCUT2D eigenvalue weighted by Crippen LogP contribution is -2.18. The lowest BCUT2D eigenvalue weighted by Gasteiger charge is -2.15. The number of aryl methyl sites for hydroxylation is 1. The fraction of sp³-hybridized carbons (Fsp3) is 0.500. The summed E-state index contributed by atoms with van der Waals surface area (Å²) in [6, 6.07) is 6.62. The van der Waals surface area contributed by atoms with E-state index in [0.29, 0.717) is 0 Å². The highest BCUT2D eigenvalue weighted by molar-refractivity contribution is 9.10. The van der Waals surface area contributed by atoms with Gasteiger partial charge in [0, 0.05) is 11.0 Å². The van der Waals surface area contributed by atoms with Crippen LogP contribution in [0.1, 0.15) is 24.0 Å². The summed E-state index contributed by atoms with van der Waals surface area (Å²) in [5.74, 6) is 0. The Morgan fingerprint density at radius 2 is 2.00 bits per heavy atom. The van der Waals surface area contributed by atoms with E-state index in [1.807, 2.05) is 0 Å². The van der Waals surface area contributed by atoms with Crippen LogP contribution < -0.4 is 0 Å². The van der Waals surface area contributed by atoms with E-state index in [4.69, 9.17) is 0 Å². The molecular weight excluding hydrogens is 238 g/mol. The molecule has 0 saturated carbocycles. The lowest BCUT2D eigenvalue weighted by molar-refractivity contribution is 0.331. The van der Waals surface area contributed by atoms with Crippen molar-refractivity contribution >= 4 is 15.9 Å². The molecule has 0 atom stereocenters. The summed E-state index contributed by atoms with van der Waals surface area (Å²) in [5, 5.41) is 0. The van der Waals surface area contributed by atoms with Crippen molar-refractivity contribution in [3.05, 3.63) is 33.8 Å². The third kappa shape index (κ3) is 2.37. The van der Waals surface area contributed by atoms with Crippen LogP contribution in [0.25, 0.3) is 0 Å². The molecule has 1 aromatic rings. The number of halogens is 1.